The summed E-state index contributed by atoms with van der Waals surface area (Å²) >= 11 is 0. The fourth-order valence-corrected chi connectivity index (χ4v) is 7.81. The molecule has 2 heterocycles. The molecule has 0 bridgehead atoms. The lowest BCUT2D eigenvalue weighted by molar-refractivity contribution is 0.140. The largest absolute Gasteiger partial charge is 0.497 e. The van der Waals surface area contributed by atoms with Crippen molar-refractivity contribution in [2.45, 2.75) is 30.6 Å². The number of methoxy groups -OCH3 is 3. The average molecular weight is 720 g/mol. The summed E-state index contributed by atoms with van der Waals surface area (Å²) in [5, 5.41) is 24.1. The molecule has 7 rings (SSSR count). The second-order valence-corrected chi connectivity index (χ2v) is 14.1. The van der Waals surface area contributed by atoms with Gasteiger partial charge in [-0.25, -0.2) is 8.42 Å². The molecule has 13 heteroatoms. The minimum atomic E-state index is -4.27. The van der Waals surface area contributed by atoms with Crippen LogP contribution in [0.25, 0.3) is 22.5 Å². The smallest absolute Gasteiger partial charge is 0.244 e. The summed E-state index contributed by atoms with van der Waals surface area (Å²) in [7, 11) is 0.498. The first-order chi connectivity index (χ1) is 25.3. The Balaban J connectivity index is 1.36. The van der Waals surface area contributed by atoms with E-state index < -0.39 is 16.1 Å². The Bertz CT molecular complexity index is 2230. The maximum Gasteiger partial charge on any atom is 0.244 e. The second kappa shape index (κ2) is 14.8. The third-order valence-electron chi connectivity index (χ3n) is 8.92. The van der Waals surface area contributed by atoms with E-state index in [-0.39, 0.29) is 36.0 Å². The number of fused-ring (bicyclic) bond motifs is 1. The third-order valence-corrected chi connectivity index (χ3v) is 10.8. The van der Waals surface area contributed by atoms with E-state index in [9.17, 15) is 5.11 Å². The van der Waals surface area contributed by atoms with Crippen LogP contribution >= 0.6 is 0 Å². The minimum Gasteiger partial charge on any atom is -0.497 e. The highest BCUT2D eigenvalue weighted by Gasteiger charge is 2.33. The van der Waals surface area contributed by atoms with Crippen LogP contribution in [0.2, 0.25) is 0 Å². The van der Waals surface area contributed by atoms with Gasteiger partial charge in [-0.2, -0.15) is 9.10 Å². The number of aliphatic hydroxyl groups excluding tert-OH is 1. The normalized spacial score (nSPS) is 13.8. The van der Waals surface area contributed by atoms with Crippen molar-refractivity contribution >= 4 is 10.0 Å². The topological polar surface area (TPSA) is 138 Å². The fraction of sp³-hybridized carbons (Fsp3) is 0.205. The Morgan fingerprint density at radius 2 is 1.29 bits per heavy atom. The zero-order chi connectivity index (χ0) is 36.2. The van der Waals surface area contributed by atoms with E-state index in [2.05, 4.69) is 10.3 Å². The molecule has 0 amide bonds. The molecule has 0 saturated heterocycles. The van der Waals surface area contributed by atoms with Gasteiger partial charge in [0.1, 0.15) is 35.7 Å². The molecule has 0 saturated carbocycles. The standard InChI is InChI=1S/C39H37N5O7S/c1-48-29-16-10-26(11-17-29)22-43(23-27-12-18-30(49-2)19-13-27)52(46,47)36-9-5-6-32(33-7-4-8-34-35(45)25-51-38(33)34)37(36)39-40-42-44(41-39)24-28-14-20-31(50-3)21-15-28/h4-21,35,45H,22-25H2,1-3H3. The van der Waals surface area contributed by atoms with Gasteiger partial charge in [0.05, 0.1) is 38.3 Å². The summed E-state index contributed by atoms with van der Waals surface area (Å²) in [4.78, 5) is 1.42. The molecule has 0 spiro atoms. The average Bonchev–Trinajstić information content (AvgIpc) is 3.81. The Kier molecular flexibility index (Phi) is 9.90. The predicted octanol–water partition coefficient (Wildman–Crippen LogP) is 5.90. The molecule has 52 heavy (non-hydrogen) atoms. The van der Waals surface area contributed by atoms with E-state index in [1.165, 1.54) is 9.10 Å². The quantitative estimate of drug-likeness (QED) is 0.154. The Labute approximate surface area is 301 Å². The summed E-state index contributed by atoms with van der Waals surface area (Å²) in [6.07, 6.45) is -0.807. The molecule has 0 radical (unpaired) electrons. The van der Waals surface area contributed by atoms with E-state index in [0.717, 1.165) is 22.4 Å². The first-order valence-electron chi connectivity index (χ1n) is 16.5. The van der Waals surface area contributed by atoms with Crippen molar-refractivity contribution in [3.8, 4) is 45.5 Å². The number of rotatable bonds is 13. The van der Waals surface area contributed by atoms with Crippen molar-refractivity contribution in [1.29, 1.82) is 0 Å². The van der Waals surface area contributed by atoms with Gasteiger partial charge in [0, 0.05) is 24.2 Å². The summed E-state index contributed by atoms with van der Waals surface area (Å²) in [5.74, 6) is 2.64. The zero-order valence-electron chi connectivity index (χ0n) is 28.8. The van der Waals surface area contributed by atoms with Crippen LogP contribution < -0.4 is 18.9 Å². The van der Waals surface area contributed by atoms with Gasteiger partial charge in [-0.3, -0.25) is 0 Å². The molecule has 0 aliphatic carbocycles. The summed E-state index contributed by atoms with van der Waals surface area (Å²) in [5.41, 5.74) is 4.43. The molecule has 12 nitrogen and oxygen atoms in total. The highest BCUT2D eigenvalue weighted by molar-refractivity contribution is 7.89. The molecule has 1 aliphatic rings. The van der Waals surface area contributed by atoms with Gasteiger partial charge < -0.3 is 24.1 Å². The number of hydrogen-bond acceptors (Lipinski definition) is 10. The molecule has 5 aromatic carbocycles. The van der Waals surface area contributed by atoms with Crippen LogP contribution in [0.3, 0.4) is 0 Å². The molecule has 6 aromatic rings. The van der Waals surface area contributed by atoms with Gasteiger partial charge in [0.2, 0.25) is 15.8 Å². The van der Waals surface area contributed by atoms with E-state index >= 15 is 8.42 Å². The lowest BCUT2D eigenvalue weighted by Crippen LogP contribution is -2.31. The molecule has 1 aliphatic heterocycles. The number of para-hydroxylation sites is 1. The molecule has 1 aromatic heterocycles. The van der Waals surface area contributed by atoms with E-state index in [0.29, 0.717) is 40.5 Å². The summed E-state index contributed by atoms with van der Waals surface area (Å²) < 4.78 is 53.6. The fourth-order valence-electron chi connectivity index (χ4n) is 6.18. The van der Waals surface area contributed by atoms with E-state index in [1.807, 2.05) is 60.7 Å². The van der Waals surface area contributed by atoms with Gasteiger partial charge in [-0.05, 0) is 69.9 Å². The zero-order valence-corrected chi connectivity index (χ0v) is 29.7. The number of ether oxygens (including phenoxy) is 4. The van der Waals surface area contributed by atoms with Crippen LogP contribution in [0.4, 0.5) is 0 Å². The van der Waals surface area contributed by atoms with Crippen molar-refractivity contribution in [3.63, 3.8) is 0 Å². The molecule has 1 atom stereocenters. The lowest BCUT2D eigenvalue weighted by atomic mass is 9.96. The molecular weight excluding hydrogens is 683 g/mol. The number of nitrogens with zero attached hydrogens (tertiary/aromatic N) is 5. The number of benzene rings is 5. The maximum absolute atomic E-state index is 15.1. The second-order valence-electron chi connectivity index (χ2n) is 12.2. The highest BCUT2D eigenvalue weighted by atomic mass is 32.2. The predicted molar refractivity (Wildman–Crippen MR) is 194 cm³/mol. The number of sulfonamides is 1. The summed E-state index contributed by atoms with van der Waals surface area (Å²) in [6.45, 7) is 0.511. The van der Waals surface area contributed by atoms with Crippen molar-refractivity contribution < 1.29 is 32.5 Å². The first-order valence-corrected chi connectivity index (χ1v) is 18.0. The molecule has 1 N–H and O–H groups in total. The van der Waals surface area contributed by atoms with Crippen molar-refractivity contribution in [2.75, 3.05) is 27.9 Å². The number of hydrogen-bond donors (Lipinski definition) is 1. The van der Waals surface area contributed by atoms with Crippen molar-refractivity contribution in [1.82, 2.24) is 24.5 Å². The number of aliphatic hydroxyl groups is 1. The highest BCUT2D eigenvalue weighted by Crippen LogP contribution is 2.45. The van der Waals surface area contributed by atoms with Crippen LogP contribution in [-0.4, -0.2) is 66.0 Å². The van der Waals surface area contributed by atoms with Gasteiger partial charge >= 0.3 is 0 Å². The van der Waals surface area contributed by atoms with Crippen molar-refractivity contribution in [2.24, 2.45) is 0 Å². The number of tetrazole rings is 1. The van der Waals surface area contributed by atoms with Gasteiger partial charge in [0.15, 0.2) is 0 Å². The van der Waals surface area contributed by atoms with Gasteiger partial charge in [0.25, 0.3) is 0 Å². The summed E-state index contributed by atoms with van der Waals surface area (Å²) in [6, 6.07) is 32.6. The van der Waals surface area contributed by atoms with Crippen molar-refractivity contribution in [3.05, 3.63) is 131 Å². The van der Waals surface area contributed by atoms with Gasteiger partial charge in [-0.1, -0.05) is 66.7 Å². The Morgan fingerprint density at radius 1 is 0.750 bits per heavy atom. The van der Waals surface area contributed by atoms with Gasteiger partial charge in [-0.15, -0.1) is 10.2 Å². The van der Waals surface area contributed by atoms with Crippen LogP contribution in [0.15, 0.2) is 114 Å². The van der Waals surface area contributed by atoms with E-state index in [4.69, 9.17) is 24.0 Å². The third kappa shape index (κ3) is 7.06. The van der Waals surface area contributed by atoms with Crippen LogP contribution in [-0.2, 0) is 29.7 Å². The Hall–Kier alpha value is -5.76. The molecule has 0 fully saturated rings. The van der Waals surface area contributed by atoms with Crippen LogP contribution in [0.5, 0.6) is 23.0 Å². The van der Waals surface area contributed by atoms with E-state index in [1.54, 1.807) is 69.9 Å². The Morgan fingerprint density at radius 3 is 1.87 bits per heavy atom. The number of aromatic nitrogens is 4. The molecular formula is C39H37N5O7S. The SMILES string of the molecule is COc1ccc(CN(Cc2ccc(OC)cc2)S(=O)(=O)c2cccc(-c3cccc4c3OCC4O)c2-c2nnn(Cc3ccc(OC)cc3)n2)cc1. The molecule has 1 unspecified atom stereocenters. The maximum atomic E-state index is 15.1. The monoisotopic (exact) mass is 719 g/mol. The van der Waals surface area contributed by atoms with Crippen LogP contribution in [0, 0.1) is 0 Å². The lowest BCUT2D eigenvalue weighted by Gasteiger charge is -2.25. The van der Waals surface area contributed by atoms with Crippen LogP contribution in [0.1, 0.15) is 28.4 Å². The first kappa shape index (κ1) is 34.7. The molecule has 266 valence electrons. The minimum absolute atomic E-state index is 0.00725.